The summed E-state index contributed by atoms with van der Waals surface area (Å²) in [5.74, 6) is -2.28. The zero-order valence-corrected chi connectivity index (χ0v) is 16.6. The molecule has 0 saturated heterocycles. The highest BCUT2D eigenvalue weighted by Gasteiger charge is 2.46. The molecule has 3 aromatic rings. The number of aliphatic carboxylic acids is 2. The first-order valence-corrected chi connectivity index (χ1v) is 9.81. The van der Waals surface area contributed by atoms with E-state index in [4.69, 9.17) is 0 Å². The number of rotatable bonds is 10. The molecular weight excluding hydrogens is 378 g/mol. The van der Waals surface area contributed by atoms with E-state index in [1.165, 1.54) is 0 Å². The number of hydrogen-bond donors (Lipinski definition) is 2. The van der Waals surface area contributed by atoms with E-state index < -0.39 is 23.9 Å². The Morgan fingerprint density at radius 2 is 1.07 bits per heavy atom. The van der Waals surface area contributed by atoms with Gasteiger partial charge in [-0.1, -0.05) is 91.0 Å². The van der Waals surface area contributed by atoms with E-state index in [-0.39, 0.29) is 6.42 Å². The molecule has 2 N–H and O–H groups in total. The van der Waals surface area contributed by atoms with Gasteiger partial charge in [0, 0.05) is 19.5 Å². The van der Waals surface area contributed by atoms with Crippen LogP contribution in [-0.2, 0) is 29.1 Å². The molecule has 0 bridgehead atoms. The summed E-state index contributed by atoms with van der Waals surface area (Å²) in [4.78, 5) is 26.3. The molecule has 5 nitrogen and oxygen atoms in total. The number of carboxylic acids is 2. The van der Waals surface area contributed by atoms with Gasteiger partial charge in [0.1, 0.15) is 5.54 Å². The molecule has 0 aromatic heterocycles. The Hall–Kier alpha value is -3.44. The van der Waals surface area contributed by atoms with Crippen molar-refractivity contribution in [1.29, 1.82) is 0 Å². The number of nitrogens with zero attached hydrogens (tertiary/aromatic N) is 1. The van der Waals surface area contributed by atoms with Crippen molar-refractivity contribution in [1.82, 2.24) is 4.90 Å². The van der Waals surface area contributed by atoms with Gasteiger partial charge in [-0.3, -0.25) is 14.5 Å². The summed E-state index contributed by atoms with van der Waals surface area (Å²) in [6.45, 7) is 0.643. The lowest BCUT2D eigenvalue weighted by molar-refractivity contribution is -0.159. The Labute approximate surface area is 176 Å². The van der Waals surface area contributed by atoms with Crippen molar-refractivity contribution >= 4 is 11.9 Å². The van der Waals surface area contributed by atoms with Crippen LogP contribution in [0, 0.1) is 0 Å². The number of benzene rings is 3. The van der Waals surface area contributed by atoms with E-state index in [0.29, 0.717) is 13.1 Å². The standard InChI is InChI=1S/C25H25NO4/c27-23(28)17-25(24(29)30,16-20-10-4-1-5-11-20)26(18-21-12-6-2-7-13-21)19-22-14-8-3-9-15-22/h1-15H,16-19H2,(H,27,28)(H,29,30)/t25-/m0/s1. The maximum Gasteiger partial charge on any atom is 0.325 e. The van der Waals surface area contributed by atoms with E-state index in [0.717, 1.165) is 16.7 Å². The molecule has 3 rings (SSSR count). The molecule has 0 fully saturated rings. The third-order valence-corrected chi connectivity index (χ3v) is 5.22. The van der Waals surface area contributed by atoms with Gasteiger partial charge in [0.25, 0.3) is 0 Å². The molecule has 5 heteroatoms. The van der Waals surface area contributed by atoms with E-state index >= 15 is 0 Å². The van der Waals surface area contributed by atoms with Gasteiger partial charge in [0.15, 0.2) is 0 Å². The first kappa shape index (κ1) is 21.3. The minimum absolute atomic E-state index is 0.0924. The average Bonchev–Trinajstić information content (AvgIpc) is 2.74. The van der Waals surface area contributed by atoms with E-state index in [2.05, 4.69) is 0 Å². The highest BCUT2D eigenvalue weighted by molar-refractivity contribution is 5.85. The summed E-state index contributed by atoms with van der Waals surface area (Å²) in [6, 6.07) is 28.3. The van der Waals surface area contributed by atoms with Gasteiger partial charge in [0.05, 0.1) is 6.42 Å². The lowest BCUT2D eigenvalue weighted by atomic mass is 9.84. The number of hydrogen-bond acceptors (Lipinski definition) is 3. The van der Waals surface area contributed by atoms with Crippen LogP contribution in [0.4, 0.5) is 0 Å². The van der Waals surface area contributed by atoms with Crippen molar-refractivity contribution in [2.24, 2.45) is 0 Å². The molecule has 1 atom stereocenters. The summed E-state index contributed by atoms with van der Waals surface area (Å²) in [7, 11) is 0. The fourth-order valence-electron chi connectivity index (χ4n) is 3.72. The summed E-state index contributed by atoms with van der Waals surface area (Å²) >= 11 is 0. The maximum absolute atomic E-state index is 12.7. The lowest BCUT2D eigenvalue weighted by Crippen LogP contribution is -2.56. The minimum atomic E-state index is -1.60. The Morgan fingerprint density at radius 1 is 0.667 bits per heavy atom. The molecule has 30 heavy (non-hydrogen) atoms. The van der Waals surface area contributed by atoms with Crippen LogP contribution in [0.1, 0.15) is 23.1 Å². The molecule has 0 amide bonds. The Balaban J connectivity index is 2.07. The largest absolute Gasteiger partial charge is 0.481 e. The molecular formula is C25H25NO4. The molecule has 0 spiro atoms. The highest BCUT2D eigenvalue weighted by Crippen LogP contribution is 2.30. The van der Waals surface area contributed by atoms with Gasteiger partial charge in [-0.15, -0.1) is 0 Å². The average molecular weight is 403 g/mol. The second kappa shape index (κ2) is 9.85. The van der Waals surface area contributed by atoms with E-state index in [1.807, 2.05) is 91.0 Å². The van der Waals surface area contributed by atoms with Crippen molar-refractivity contribution in [3.05, 3.63) is 108 Å². The molecule has 3 aromatic carbocycles. The van der Waals surface area contributed by atoms with Gasteiger partial charge >= 0.3 is 11.9 Å². The van der Waals surface area contributed by atoms with Crippen molar-refractivity contribution in [2.75, 3.05) is 0 Å². The molecule has 0 unspecified atom stereocenters. The highest BCUT2D eigenvalue weighted by atomic mass is 16.4. The predicted octanol–water partition coefficient (Wildman–Crippen LogP) is 4.23. The first-order chi connectivity index (χ1) is 14.5. The quantitative estimate of drug-likeness (QED) is 0.530. The Morgan fingerprint density at radius 3 is 1.43 bits per heavy atom. The maximum atomic E-state index is 12.7. The number of carboxylic acid groups (broad SMARTS) is 2. The third-order valence-electron chi connectivity index (χ3n) is 5.22. The van der Waals surface area contributed by atoms with Crippen LogP contribution in [0.15, 0.2) is 91.0 Å². The van der Waals surface area contributed by atoms with Crippen LogP contribution in [0.25, 0.3) is 0 Å². The van der Waals surface area contributed by atoms with Gasteiger partial charge in [-0.2, -0.15) is 0 Å². The van der Waals surface area contributed by atoms with E-state index in [9.17, 15) is 19.8 Å². The smallest absolute Gasteiger partial charge is 0.325 e. The van der Waals surface area contributed by atoms with Crippen molar-refractivity contribution in [3.63, 3.8) is 0 Å². The topological polar surface area (TPSA) is 77.8 Å². The second-order valence-corrected chi connectivity index (χ2v) is 7.40. The second-order valence-electron chi connectivity index (χ2n) is 7.40. The predicted molar refractivity (Wildman–Crippen MR) is 115 cm³/mol. The lowest BCUT2D eigenvalue weighted by Gasteiger charge is -2.40. The minimum Gasteiger partial charge on any atom is -0.481 e. The summed E-state index contributed by atoms with van der Waals surface area (Å²) in [5, 5.41) is 20.0. The normalized spacial score (nSPS) is 13.0. The fourth-order valence-corrected chi connectivity index (χ4v) is 3.72. The summed E-state index contributed by atoms with van der Waals surface area (Å²) < 4.78 is 0. The molecule has 0 aliphatic carbocycles. The van der Waals surface area contributed by atoms with Crippen molar-refractivity contribution in [2.45, 2.75) is 31.5 Å². The zero-order valence-electron chi connectivity index (χ0n) is 16.6. The number of carbonyl (C=O) groups is 2. The van der Waals surface area contributed by atoms with Gasteiger partial charge < -0.3 is 10.2 Å². The van der Waals surface area contributed by atoms with Crippen LogP contribution in [0.3, 0.4) is 0 Å². The van der Waals surface area contributed by atoms with Crippen LogP contribution >= 0.6 is 0 Å². The van der Waals surface area contributed by atoms with E-state index in [1.54, 1.807) is 4.90 Å². The summed E-state index contributed by atoms with van der Waals surface area (Å²) in [5.41, 5.74) is 1.04. The first-order valence-electron chi connectivity index (χ1n) is 9.81. The molecule has 0 heterocycles. The molecule has 154 valence electrons. The van der Waals surface area contributed by atoms with Gasteiger partial charge in [0.2, 0.25) is 0 Å². The zero-order chi connectivity index (χ0) is 21.4. The molecule has 0 radical (unpaired) electrons. The monoisotopic (exact) mass is 403 g/mol. The molecule has 0 saturated carbocycles. The molecule has 0 aliphatic heterocycles. The third kappa shape index (κ3) is 5.33. The van der Waals surface area contributed by atoms with Crippen molar-refractivity contribution < 1.29 is 19.8 Å². The Bertz CT molecular complexity index is 919. The van der Waals surface area contributed by atoms with Crippen LogP contribution in [0.2, 0.25) is 0 Å². The Kier molecular flexibility index (Phi) is 6.99. The summed E-state index contributed by atoms with van der Waals surface area (Å²) in [6.07, 6.45) is -0.411. The SMILES string of the molecule is O=C(O)C[C@@](Cc1ccccc1)(C(=O)O)N(Cc1ccccc1)Cc1ccccc1. The fraction of sp³-hybridized carbons (Fsp3) is 0.200. The van der Waals surface area contributed by atoms with Crippen LogP contribution < -0.4 is 0 Å². The van der Waals surface area contributed by atoms with Gasteiger partial charge in [-0.05, 0) is 16.7 Å². The van der Waals surface area contributed by atoms with Gasteiger partial charge in [-0.25, -0.2) is 0 Å². The van der Waals surface area contributed by atoms with Crippen LogP contribution in [-0.4, -0.2) is 32.6 Å². The van der Waals surface area contributed by atoms with Crippen LogP contribution in [0.5, 0.6) is 0 Å². The molecule has 0 aliphatic rings. The van der Waals surface area contributed by atoms with Crippen molar-refractivity contribution in [3.8, 4) is 0 Å².